The summed E-state index contributed by atoms with van der Waals surface area (Å²) in [6, 6.07) is 5.81. The number of thiazole rings is 1. The molecular formula is C21H22N8O3S. The average Bonchev–Trinajstić information content (AvgIpc) is 3.37. The molecule has 0 saturated carbocycles. The van der Waals surface area contributed by atoms with Crippen molar-refractivity contribution in [2.24, 2.45) is 0 Å². The molecule has 3 aromatic rings. The number of carboxylic acid groups (broad SMARTS) is 1. The summed E-state index contributed by atoms with van der Waals surface area (Å²) in [5.41, 5.74) is 2.35. The van der Waals surface area contributed by atoms with Crippen molar-refractivity contribution in [2.75, 3.05) is 41.3 Å². The number of pyridine rings is 1. The highest BCUT2D eigenvalue weighted by Crippen LogP contribution is 2.36. The minimum atomic E-state index is -1.02. The number of fused-ring (bicyclic) bond motifs is 1. The molecule has 0 bridgehead atoms. The number of aryl methyl sites for hydroxylation is 1. The zero-order chi connectivity index (χ0) is 22.9. The third kappa shape index (κ3) is 4.29. The largest absolute Gasteiger partial charge is 0.477 e. The molecular weight excluding hydrogens is 444 g/mol. The van der Waals surface area contributed by atoms with Gasteiger partial charge in [-0.1, -0.05) is 17.4 Å². The second kappa shape index (κ2) is 8.62. The summed E-state index contributed by atoms with van der Waals surface area (Å²) in [6.07, 6.45) is 2.53. The van der Waals surface area contributed by atoms with Gasteiger partial charge in [0.25, 0.3) is 0 Å². The van der Waals surface area contributed by atoms with Gasteiger partial charge in [-0.3, -0.25) is 15.1 Å². The normalized spacial score (nSPS) is 15.4. The number of carbonyl (C=O) groups excluding carboxylic acids is 1. The van der Waals surface area contributed by atoms with Gasteiger partial charge in [0.1, 0.15) is 16.5 Å². The number of aromatic nitrogens is 4. The van der Waals surface area contributed by atoms with E-state index in [4.69, 9.17) is 9.97 Å². The van der Waals surface area contributed by atoms with Gasteiger partial charge in [0.15, 0.2) is 5.13 Å². The first-order chi connectivity index (χ1) is 16.0. The van der Waals surface area contributed by atoms with Crippen LogP contribution >= 0.6 is 11.3 Å². The van der Waals surface area contributed by atoms with Gasteiger partial charge in [0.2, 0.25) is 11.9 Å². The lowest BCUT2D eigenvalue weighted by atomic mass is 10.2. The Morgan fingerprint density at radius 3 is 2.82 bits per heavy atom. The topological polar surface area (TPSA) is 136 Å². The molecule has 2 aliphatic heterocycles. The van der Waals surface area contributed by atoms with E-state index in [9.17, 15) is 14.7 Å². The first kappa shape index (κ1) is 21.1. The van der Waals surface area contributed by atoms with Gasteiger partial charge < -0.3 is 20.2 Å². The van der Waals surface area contributed by atoms with Crippen LogP contribution in [0.25, 0.3) is 0 Å². The lowest BCUT2D eigenvalue weighted by Gasteiger charge is -2.29. The van der Waals surface area contributed by atoms with E-state index in [0.717, 1.165) is 41.4 Å². The molecule has 0 aromatic carbocycles. The maximum Gasteiger partial charge on any atom is 0.347 e. The summed E-state index contributed by atoms with van der Waals surface area (Å²) < 4.78 is 0. The molecule has 12 heteroatoms. The molecule has 3 aromatic heterocycles. The highest BCUT2D eigenvalue weighted by atomic mass is 32.1. The molecule has 0 spiro atoms. The third-order valence-electron chi connectivity index (χ3n) is 5.52. The van der Waals surface area contributed by atoms with Gasteiger partial charge in [-0.25, -0.2) is 9.78 Å². The molecule has 1 amide bonds. The number of carboxylic acids is 1. The lowest BCUT2D eigenvalue weighted by molar-refractivity contribution is -0.120. The highest BCUT2D eigenvalue weighted by Gasteiger charge is 2.30. The SMILES string of the molecule is Cc1nc(Nc2nc(N3CCNC(=O)C3)c3c(n2)N(Cc2ccccn2)CC3)sc1C(=O)O. The van der Waals surface area contributed by atoms with Gasteiger partial charge in [-0.15, -0.1) is 0 Å². The number of aromatic carboxylic acids is 1. The van der Waals surface area contributed by atoms with E-state index >= 15 is 0 Å². The molecule has 0 aliphatic carbocycles. The molecule has 11 nitrogen and oxygen atoms in total. The van der Waals surface area contributed by atoms with Crippen LogP contribution in [0, 0.1) is 6.92 Å². The average molecular weight is 467 g/mol. The second-order valence-corrected chi connectivity index (χ2v) is 8.80. The summed E-state index contributed by atoms with van der Waals surface area (Å²) in [4.78, 5) is 45.9. The predicted octanol–water partition coefficient (Wildman–Crippen LogP) is 1.58. The van der Waals surface area contributed by atoms with Gasteiger partial charge in [0.05, 0.1) is 24.5 Å². The van der Waals surface area contributed by atoms with Crippen molar-refractivity contribution in [2.45, 2.75) is 19.9 Å². The van der Waals surface area contributed by atoms with E-state index in [1.54, 1.807) is 13.1 Å². The molecule has 5 rings (SSSR count). The molecule has 5 heterocycles. The van der Waals surface area contributed by atoms with Gasteiger partial charge >= 0.3 is 5.97 Å². The fourth-order valence-corrected chi connectivity index (χ4v) is 4.82. The Morgan fingerprint density at radius 1 is 1.24 bits per heavy atom. The Kier molecular flexibility index (Phi) is 5.50. The fourth-order valence-electron chi connectivity index (χ4n) is 4.02. The Balaban J connectivity index is 1.51. The maximum atomic E-state index is 12.0. The minimum absolute atomic E-state index is 0.0480. The van der Waals surface area contributed by atoms with Crippen LogP contribution in [-0.4, -0.2) is 63.1 Å². The number of rotatable bonds is 6. The zero-order valence-corrected chi connectivity index (χ0v) is 18.7. The van der Waals surface area contributed by atoms with Crippen molar-refractivity contribution in [3.05, 3.63) is 46.2 Å². The number of carbonyl (C=O) groups is 2. The molecule has 0 radical (unpaired) electrons. The summed E-state index contributed by atoms with van der Waals surface area (Å²) in [6.45, 7) is 4.43. The Labute approximate surface area is 193 Å². The van der Waals surface area contributed by atoms with Crippen LogP contribution in [0.5, 0.6) is 0 Å². The number of anilines is 4. The van der Waals surface area contributed by atoms with Crippen molar-refractivity contribution in [3.8, 4) is 0 Å². The third-order valence-corrected chi connectivity index (χ3v) is 6.58. The number of amides is 1. The van der Waals surface area contributed by atoms with E-state index in [0.29, 0.717) is 42.2 Å². The van der Waals surface area contributed by atoms with Crippen LogP contribution in [0.4, 0.5) is 22.7 Å². The molecule has 2 aliphatic rings. The van der Waals surface area contributed by atoms with Crippen LogP contribution in [0.2, 0.25) is 0 Å². The van der Waals surface area contributed by atoms with E-state index < -0.39 is 5.97 Å². The molecule has 0 unspecified atom stereocenters. The number of hydrogen-bond acceptors (Lipinski definition) is 10. The number of hydrogen-bond donors (Lipinski definition) is 3. The fraction of sp³-hybridized carbons (Fsp3) is 0.333. The monoisotopic (exact) mass is 466 g/mol. The summed E-state index contributed by atoms with van der Waals surface area (Å²) in [5.74, 6) is 0.745. The number of nitrogens with zero attached hydrogens (tertiary/aromatic N) is 6. The van der Waals surface area contributed by atoms with Gasteiger partial charge in [-0.2, -0.15) is 9.97 Å². The van der Waals surface area contributed by atoms with Crippen LogP contribution < -0.4 is 20.4 Å². The molecule has 33 heavy (non-hydrogen) atoms. The van der Waals surface area contributed by atoms with Gasteiger partial charge in [0, 0.05) is 31.4 Å². The quantitative estimate of drug-likeness (QED) is 0.491. The zero-order valence-electron chi connectivity index (χ0n) is 17.9. The maximum absolute atomic E-state index is 12.0. The van der Waals surface area contributed by atoms with E-state index in [1.165, 1.54) is 0 Å². The van der Waals surface area contributed by atoms with E-state index in [-0.39, 0.29) is 17.3 Å². The van der Waals surface area contributed by atoms with Crippen molar-refractivity contribution in [1.29, 1.82) is 0 Å². The Morgan fingerprint density at radius 2 is 2.09 bits per heavy atom. The van der Waals surface area contributed by atoms with E-state index in [1.807, 2.05) is 23.1 Å². The predicted molar refractivity (Wildman–Crippen MR) is 123 cm³/mol. The number of piperazine rings is 1. The first-order valence-corrected chi connectivity index (χ1v) is 11.3. The van der Waals surface area contributed by atoms with Crippen LogP contribution in [0.15, 0.2) is 24.4 Å². The molecule has 3 N–H and O–H groups in total. The van der Waals surface area contributed by atoms with Gasteiger partial charge in [-0.05, 0) is 25.5 Å². The van der Waals surface area contributed by atoms with E-state index in [2.05, 4.69) is 25.5 Å². The standard InChI is InChI=1S/C21H22N8O3S/c1-12-16(19(31)32)33-21(24-12)27-20-25-17-14(18(26-20)29-9-7-23-15(30)11-29)5-8-28(17)10-13-4-2-3-6-22-13/h2-4,6H,5,7-11H2,1H3,(H,23,30)(H,31,32)(H,24,25,26,27). The summed E-state index contributed by atoms with van der Waals surface area (Å²) in [7, 11) is 0. The van der Waals surface area contributed by atoms with Crippen molar-refractivity contribution < 1.29 is 14.7 Å². The lowest BCUT2D eigenvalue weighted by Crippen LogP contribution is -2.48. The highest BCUT2D eigenvalue weighted by molar-refractivity contribution is 7.17. The first-order valence-electron chi connectivity index (χ1n) is 10.5. The number of nitrogens with one attached hydrogen (secondary N) is 2. The van der Waals surface area contributed by atoms with Crippen LogP contribution in [0.3, 0.4) is 0 Å². The minimum Gasteiger partial charge on any atom is -0.477 e. The van der Waals surface area contributed by atoms with Crippen molar-refractivity contribution >= 4 is 45.9 Å². The Bertz CT molecular complexity index is 1220. The molecule has 170 valence electrons. The van der Waals surface area contributed by atoms with Crippen LogP contribution in [0.1, 0.15) is 26.6 Å². The molecule has 1 saturated heterocycles. The van der Waals surface area contributed by atoms with Crippen LogP contribution in [-0.2, 0) is 17.8 Å². The van der Waals surface area contributed by atoms with Crippen molar-refractivity contribution in [1.82, 2.24) is 25.3 Å². The molecule has 0 atom stereocenters. The Hall–Kier alpha value is -3.80. The second-order valence-electron chi connectivity index (χ2n) is 7.80. The summed E-state index contributed by atoms with van der Waals surface area (Å²) in [5, 5.41) is 15.7. The summed E-state index contributed by atoms with van der Waals surface area (Å²) >= 11 is 1.04. The molecule has 1 fully saturated rings. The smallest absolute Gasteiger partial charge is 0.347 e. The van der Waals surface area contributed by atoms with Crippen molar-refractivity contribution in [3.63, 3.8) is 0 Å².